The van der Waals surface area contributed by atoms with Crippen molar-refractivity contribution < 1.29 is 4.74 Å². The summed E-state index contributed by atoms with van der Waals surface area (Å²) in [6, 6.07) is 2.26. The number of rotatable bonds is 8. The monoisotopic (exact) mass is 264 g/mol. The number of ether oxygens (including phenoxy) is 1. The van der Waals surface area contributed by atoms with Gasteiger partial charge >= 0.3 is 0 Å². The van der Waals surface area contributed by atoms with Gasteiger partial charge in [0, 0.05) is 13.1 Å². The number of nitrogens with one attached hydrogen (secondary N) is 2. The normalized spacial score (nSPS) is 10.8. The molecule has 3 heteroatoms. The van der Waals surface area contributed by atoms with Gasteiger partial charge in [0.1, 0.15) is 5.75 Å². The molecule has 0 aromatic heterocycles. The van der Waals surface area contributed by atoms with Crippen molar-refractivity contribution in [1.82, 2.24) is 10.6 Å². The molecule has 1 aromatic rings. The molecular weight excluding hydrogens is 236 g/mol. The van der Waals surface area contributed by atoms with Crippen LogP contribution in [0.1, 0.15) is 29.2 Å². The third kappa shape index (κ3) is 4.51. The fraction of sp³-hybridized carbons (Fsp3) is 0.625. The molecule has 0 unspecified atom stereocenters. The highest BCUT2D eigenvalue weighted by Gasteiger charge is 2.10. The topological polar surface area (TPSA) is 33.3 Å². The minimum absolute atomic E-state index is 1.03. The molecule has 19 heavy (non-hydrogen) atoms. The standard InChI is InChI=1S/C16H28N2O/c1-6-17-9-10-18-8-7-15-11-12(2)16(19-5)14(4)13(15)3/h11,17-18H,6-10H2,1-5H3. The molecule has 0 fully saturated rings. The first kappa shape index (κ1) is 16.0. The molecule has 0 spiro atoms. The van der Waals surface area contributed by atoms with Crippen LogP contribution in [0.5, 0.6) is 5.75 Å². The Hall–Kier alpha value is -1.06. The van der Waals surface area contributed by atoms with Crippen molar-refractivity contribution in [2.75, 3.05) is 33.3 Å². The quantitative estimate of drug-likeness (QED) is 0.707. The third-order valence-corrected chi connectivity index (χ3v) is 3.64. The van der Waals surface area contributed by atoms with E-state index in [1.54, 1.807) is 7.11 Å². The Balaban J connectivity index is 2.55. The predicted molar refractivity (Wildman–Crippen MR) is 82.3 cm³/mol. The second-order valence-electron chi connectivity index (χ2n) is 4.99. The number of aryl methyl sites for hydroxylation is 1. The van der Waals surface area contributed by atoms with Gasteiger partial charge in [-0.3, -0.25) is 0 Å². The maximum Gasteiger partial charge on any atom is 0.124 e. The zero-order valence-corrected chi connectivity index (χ0v) is 13.0. The molecule has 0 saturated heterocycles. The molecule has 0 amide bonds. The molecule has 1 rings (SSSR count). The van der Waals surface area contributed by atoms with Gasteiger partial charge in [-0.2, -0.15) is 0 Å². The van der Waals surface area contributed by atoms with Gasteiger partial charge < -0.3 is 15.4 Å². The van der Waals surface area contributed by atoms with Crippen molar-refractivity contribution in [1.29, 1.82) is 0 Å². The summed E-state index contributed by atoms with van der Waals surface area (Å²) in [6.45, 7) is 12.7. The Kier molecular flexibility index (Phi) is 6.89. The maximum absolute atomic E-state index is 5.46. The van der Waals surface area contributed by atoms with Crippen LogP contribution in [-0.4, -0.2) is 33.3 Å². The van der Waals surface area contributed by atoms with Crippen molar-refractivity contribution in [2.45, 2.75) is 34.1 Å². The summed E-state index contributed by atoms with van der Waals surface area (Å²) in [5.74, 6) is 1.03. The van der Waals surface area contributed by atoms with Gasteiger partial charge in [-0.1, -0.05) is 13.0 Å². The van der Waals surface area contributed by atoms with Gasteiger partial charge in [-0.15, -0.1) is 0 Å². The lowest BCUT2D eigenvalue weighted by Crippen LogP contribution is -2.28. The molecule has 2 N–H and O–H groups in total. The van der Waals surface area contributed by atoms with E-state index in [4.69, 9.17) is 4.74 Å². The molecule has 108 valence electrons. The second-order valence-corrected chi connectivity index (χ2v) is 4.99. The summed E-state index contributed by atoms with van der Waals surface area (Å²) in [5.41, 5.74) is 5.28. The minimum Gasteiger partial charge on any atom is -0.496 e. The van der Waals surface area contributed by atoms with Crippen molar-refractivity contribution in [3.05, 3.63) is 28.3 Å². The lowest BCUT2D eigenvalue weighted by molar-refractivity contribution is 0.408. The lowest BCUT2D eigenvalue weighted by Gasteiger charge is -2.16. The van der Waals surface area contributed by atoms with Gasteiger partial charge in [0.2, 0.25) is 0 Å². The molecule has 0 atom stereocenters. The number of methoxy groups -OCH3 is 1. The maximum atomic E-state index is 5.46. The molecule has 3 nitrogen and oxygen atoms in total. The fourth-order valence-electron chi connectivity index (χ4n) is 2.42. The Morgan fingerprint density at radius 2 is 1.68 bits per heavy atom. The largest absolute Gasteiger partial charge is 0.496 e. The Morgan fingerprint density at radius 1 is 1.00 bits per heavy atom. The Bertz CT molecular complexity index is 402. The van der Waals surface area contributed by atoms with Crippen LogP contribution >= 0.6 is 0 Å². The van der Waals surface area contributed by atoms with E-state index in [2.05, 4.69) is 44.4 Å². The highest BCUT2D eigenvalue weighted by molar-refractivity contribution is 5.49. The second kappa shape index (κ2) is 8.18. The molecule has 0 heterocycles. The number of likely N-dealkylation sites (N-methyl/N-ethyl adjacent to an activating group) is 1. The number of hydrogen-bond donors (Lipinski definition) is 2. The van der Waals surface area contributed by atoms with Crippen LogP contribution in [0.25, 0.3) is 0 Å². The molecule has 0 aliphatic carbocycles. The zero-order valence-electron chi connectivity index (χ0n) is 13.0. The summed E-state index contributed by atoms with van der Waals surface area (Å²) in [5, 5.41) is 6.78. The van der Waals surface area contributed by atoms with Gasteiger partial charge in [-0.05, 0) is 62.5 Å². The highest BCUT2D eigenvalue weighted by Crippen LogP contribution is 2.28. The summed E-state index contributed by atoms with van der Waals surface area (Å²) < 4.78 is 5.46. The third-order valence-electron chi connectivity index (χ3n) is 3.64. The molecular formula is C16H28N2O. The van der Waals surface area contributed by atoms with E-state index in [0.717, 1.165) is 38.3 Å². The smallest absolute Gasteiger partial charge is 0.124 e. The van der Waals surface area contributed by atoms with E-state index < -0.39 is 0 Å². The van der Waals surface area contributed by atoms with E-state index in [1.165, 1.54) is 22.3 Å². The highest BCUT2D eigenvalue weighted by atomic mass is 16.5. The van der Waals surface area contributed by atoms with Crippen LogP contribution in [0.4, 0.5) is 0 Å². The first-order chi connectivity index (χ1) is 9.11. The van der Waals surface area contributed by atoms with E-state index >= 15 is 0 Å². The molecule has 0 saturated carbocycles. The summed E-state index contributed by atoms with van der Waals surface area (Å²) in [6.07, 6.45) is 1.07. The van der Waals surface area contributed by atoms with Gasteiger partial charge in [0.25, 0.3) is 0 Å². The Labute approximate surface area is 117 Å². The fourth-order valence-corrected chi connectivity index (χ4v) is 2.42. The molecule has 0 radical (unpaired) electrons. The summed E-state index contributed by atoms with van der Waals surface area (Å²) in [7, 11) is 1.75. The van der Waals surface area contributed by atoms with E-state index in [9.17, 15) is 0 Å². The minimum atomic E-state index is 1.03. The SMILES string of the molecule is CCNCCNCCc1cc(C)c(OC)c(C)c1C. The summed E-state index contributed by atoms with van der Waals surface area (Å²) in [4.78, 5) is 0. The first-order valence-corrected chi connectivity index (χ1v) is 7.16. The van der Waals surface area contributed by atoms with Crippen molar-refractivity contribution in [2.24, 2.45) is 0 Å². The van der Waals surface area contributed by atoms with Gasteiger partial charge in [0.15, 0.2) is 0 Å². The van der Waals surface area contributed by atoms with Crippen LogP contribution in [0.3, 0.4) is 0 Å². The number of benzene rings is 1. The van der Waals surface area contributed by atoms with Gasteiger partial charge in [0.05, 0.1) is 7.11 Å². The average Bonchev–Trinajstić information content (AvgIpc) is 2.39. The molecule has 1 aromatic carbocycles. The molecule has 0 aliphatic heterocycles. The predicted octanol–water partition coefficient (Wildman–Crippen LogP) is 2.36. The van der Waals surface area contributed by atoms with E-state index in [-0.39, 0.29) is 0 Å². The van der Waals surface area contributed by atoms with Crippen LogP contribution in [0, 0.1) is 20.8 Å². The van der Waals surface area contributed by atoms with Gasteiger partial charge in [-0.25, -0.2) is 0 Å². The van der Waals surface area contributed by atoms with E-state index in [0.29, 0.717) is 0 Å². The van der Waals surface area contributed by atoms with Crippen molar-refractivity contribution in [3.63, 3.8) is 0 Å². The number of hydrogen-bond acceptors (Lipinski definition) is 3. The van der Waals surface area contributed by atoms with Crippen LogP contribution < -0.4 is 15.4 Å². The average molecular weight is 264 g/mol. The molecule has 0 aliphatic rings. The van der Waals surface area contributed by atoms with Crippen LogP contribution in [0.2, 0.25) is 0 Å². The van der Waals surface area contributed by atoms with Crippen molar-refractivity contribution >= 4 is 0 Å². The molecule has 0 bridgehead atoms. The van der Waals surface area contributed by atoms with Crippen molar-refractivity contribution in [3.8, 4) is 5.75 Å². The Morgan fingerprint density at radius 3 is 2.32 bits per heavy atom. The van der Waals surface area contributed by atoms with Crippen LogP contribution in [-0.2, 0) is 6.42 Å². The lowest BCUT2D eigenvalue weighted by atomic mass is 9.96. The summed E-state index contributed by atoms with van der Waals surface area (Å²) >= 11 is 0. The zero-order chi connectivity index (χ0) is 14.3. The first-order valence-electron chi connectivity index (χ1n) is 7.16. The van der Waals surface area contributed by atoms with Crippen LogP contribution in [0.15, 0.2) is 6.07 Å². The van der Waals surface area contributed by atoms with E-state index in [1.807, 2.05) is 0 Å².